The second-order valence-electron chi connectivity index (χ2n) is 6.88. The second kappa shape index (κ2) is 7.10. The van der Waals surface area contributed by atoms with Crippen LogP contribution in [0.3, 0.4) is 0 Å². The van der Waals surface area contributed by atoms with Crippen LogP contribution in [0.15, 0.2) is 53.4 Å². The van der Waals surface area contributed by atoms with Gasteiger partial charge < -0.3 is 10.5 Å². The Balaban J connectivity index is 2.03. The highest BCUT2D eigenvalue weighted by Gasteiger charge is 2.70. The highest BCUT2D eigenvalue weighted by Crippen LogP contribution is 2.63. The predicted octanol–water partition coefficient (Wildman–Crippen LogP) is 3.06. The van der Waals surface area contributed by atoms with E-state index in [1.54, 1.807) is 36.4 Å². The number of sulfone groups is 1. The normalized spacial score (nSPS) is 25.2. The molecule has 2 aromatic rings. The van der Waals surface area contributed by atoms with E-state index in [0.29, 0.717) is 6.61 Å². The SMILES string of the molecule is CCOC[C@]1(CN)[C@@H](c2ccc(F)cc2)[C@@H]1S(=O)(=O)c1ccc(C)cc1. The molecule has 2 aromatic carbocycles. The molecule has 6 heteroatoms. The molecule has 0 bridgehead atoms. The molecule has 0 saturated heterocycles. The Hall–Kier alpha value is -1.76. The van der Waals surface area contributed by atoms with Crippen LogP contribution in [0.5, 0.6) is 0 Å². The molecular formula is C20H24FNO3S. The molecule has 2 N–H and O–H groups in total. The summed E-state index contributed by atoms with van der Waals surface area (Å²) in [4.78, 5) is 0.284. The van der Waals surface area contributed by atoms with Crippen LogP contribution in [0.4, 0.5) is 4.39 Å². The molecule has 0 heterocycles. The lowest BCUT2D eigenvalue weighted by molar-refractivity contribution is 0.101. The summed E-state index contributed by atoms with van der Waals surface area (Å²) in [5.74, 6) is -0.665. The third-order valence-electron chi connectivity index (χ3n) is 5.25. The number of benzene rings is 2. The average molecular weight is 377 g/mol. The van der Waals surface area contributed by atoms with Gasteiger partial charge in [-0.1, -0.05) is 29.8 Å². The molecule has 1 fully saturated rings. The van der Waals surface area contributed by atoms with Crippen LogP contribution in [0.25, 0.3) is 0 Å². The predicted molar refractivity (Wildman–Crippen MR) is 99.3 cm³/mol. The molecule has 1 aliphatic rings. The van der Waals surface area contributed by atoms with E-state index < -0.39 is 20.5 Å². The fourth-order valence-corrected chi connectivity index (χ4v) is 6.20. The van der Waals surface area contributed by atoms with Crippen molar-refractivity contribution in [3.05, 3.63) is 65.5 Å². The van der Waals surface area contributed by atoms with E-state index in [1.165, 1.54) is 12.1 Å². The van der Waals surface area contributed by atoms with Gasteiger partial charge in [0.2, 0.25) is 0 Å². The molecule has 140 valence electrons. The van der Waals surface area contributed by atoms with Crippen molar-refractivity contribution >= 4 is 9.84 Å². The van der Waals surface area contributed by atoms with Crippen molar-refractivity contribution in [2.45, 2.75) is 29.9 Å². The van der Waals surface area contributed by atoms with Gasteiger partial charge in [-0.3, -0.25) is 0 Å². The van der Waals surface area contributed by atoms with Crippen molar-refractivity contribution < 1.29 is 17.5 Å². The third kappa shape index (κ3) is 3.17. The monoisotopic (exact) mass is 377 g/mol. The lowest BCUT2D eigenvalue weighted by atomic mass is 10.00. The molecule has 0 amide bonds. The first-order valence-corrected chi connectivity index (χ1v) is 10.3. The summed E-state index contributed by atoms with van der Waals surface area (Å²) in [5.41, 5.74) is 7.11. The number of hydrogen-bond acceptors (Lipinski definition) is 4. The second-order valence-corrected chi connectivity index (χ2v) is 8.95. The van der Waals surface area contributed by atoms with Crippen molar-refractivity contribution in [3.8, 4) is 0 Å². The van der Waals surface area contributed by atoms with Gasteiger partial charge in [-0.15, -0.1) is 0 Å². The summed E-state index contributed by atoms with van der Waals surface area (Å²) in [6.07, 6.45) is 0. The largest absolute Gasteiger partial charge is 0.381 e. The van der Waals surface area contributed by atoms with Gasteiger partial charge in [0.15, 0.2) is 9.84 Å². The van der Waals surface area contributed by atoms with Gasteiger partial charge in [0.05, 0.1) is 16.8 Å². The van der Waals surface area contributed by atoms with Crippen LogP contribution < -0.4 is 5.73 Å². The summed E-state index contributed by atoms with van der Waals surface area (Å²) in [7, 11) is -3.59. The minimum absolute atomic E-state index is 0.185. The van der Waals surface area contributed by atoms with Crippen LogP contribution in [0, 0.1) is 18.2 Å². The maximum Gasteiger partial charge on any atom is 0.182 e. The van der Waals surface area contributed by atoms with Crippen LogP contribution in [-0.4, -0.2) is 33.4 Å². The summed E-state index contributed by atoms with van der Waals surface area (Å²) < 4.78 is 45.5. The topological polar surface area (TPSA) is 69.4 Å². The fourth-order valence-electron chi connectivity index (χ4n) is 3.76. The van der Waals surface area contributed by atoms with Crippen LogP contribution in [0.2, 0.25) is 0 Å². The third-order valence-corrected chi connectivity index (χ3v) is 7.59. The Morgan fingerprint density at radius 3 is 2.27 bits per heavy atom. The molecule has 0 aliphatic heterocycles. The van der Waals surface area contributed by atoms with E-state index in [1.807, 2.05) is 13.8 Å². The van der Waals surface area contributed by atoms with Gasteiger partial charge in [0, 0.05) is 24.5 Å². The quantitative estimate of drug-likeness (QED) is 0.805. The van der Waals surface area contributed by atoms with Gasteiger partial charge in [-0.05, 0) is 43.7 Å². The Morgan fingerprint density at radius 1 is 1.12 bits per heavy atom. The standard InChI is InChI=1S/C20H24FNO3S/c1-3-25-13-20(12-22)18(15-6-8-16(21)9-7-15)19(20)26(23,24)17-10-4-14(2)5-11-17/h4-11,18-19H,3,12-13,22H2,1-2H3/t18-,19-,20+/m0/s1. The number of rotatable bonds is 7. The molecule has 3 rings (SSSR count). The molecule has 0 unspecified atom stereocenters. The van der Waals surface area contributed by atoms with Crippen molar-refractivity contribution in [1.29, 1.82) is 0 Å². The Kier molecular flexibility index (Phi) is 5.19. The first kappa shape index (κ1) is 19.0. The minimum Gasteiger partial charge on any atom is -0.381 e. The fraction of sp³-hybridized carbons (Fsp3) is 0.400. The molecule has 1 aliphatic carbocycles. The van der Waals surface area contributed by atoms with Crippen LogP contribution in [0.1, 0.15) is 24.0 Å². The van der Waals surface area contributed by atoms with E-state index in [4.69, 9.17) is 10.5 Å². The molecule has 0 aromatic heterocycles. The van der Waals surface area contributed by atoms with Gasteiger partial charge in [0.25, 0.3) is 0 Å². The Labute approximate surface area is 154 Å². The number of aryl methyl sites for hydroxylation is 1. The van der Waals surface area contributed by atoms with E-state index in [9.17, 15) is 12.8 Å². The van der Waals surface area contributed by atoms with Crippen LogP contribution >= 0.6 is 0 Å². The van der Waals surface area contributed by atoms with E-state index >= 15 is 0 Å². The molecule has 0 spiro atoms. The molecule has 1 saturated carbocycles. The van der Waals surface area contributed by atoms with E-state index in [-0.39, 0.29) is 29.8 Å². The molecule has 26 heavy (non-hydrogen) atoms. The zero-order chi connectivity index (χ0) is 18.9. The van der Waals surface area contributed by atoms with Crippen LogP contribution in [-0.2, 0) is 14.6 Å². The lowest BCUT2D eigenvalue weighted by Crippen LogP contribution is -2.29. The van der Waals surface area contributed by atoms with E-state index in [2.05, 4.69) is 0 Å². The van der Waals surface area contributed by atoms with Gasteiger partial charge in [0.1, 0.15) is 5.82 Å². The highest BCUT2D eigenvalue weighted by atomic mass is 32.2. The summed E-state index contributed by atoms with van der Waals surface area (Å²) in [5, 5.41) is -0.681. The number of halogens is 1. The van der Waals surface area contributed by atoms with Crippen molar-refractivity contribution in [2.75, 3.05) is 19.8 Å². The maximum atomic E-state index is 13.3. The average Bonchev–Trinajstić information content (AvgIpc) is 3.31. The summed E-state index contributed by atoms with van der Waals surface area (Å²) in [6, 6.07) is 12.8. The maximum absolute atomic E-state index is 13.3. The first-order chi connectivity index (χ1) is 12.4. The minimum atomic E-state index is -3.59. The smallest absolute Gasteiger partial charge is 0.182 e. The molecule has 3 atom stereocenters. The lowest BCUT2D eigenvalue weighted by Gasteiger charge is -2.16. The summed E-state index contributed by atoms with van der Waals surface area (Å²) >= 11 is 0. The van der Waals surface area contributed by atoms with Crippen molar-refractivity contribution in [3.63, 3.8) is 0 Å². The van der Waals surface area contributed by atoms with Crippen molar-refractivity contribution in [2.24, 2.45) is 11.1 Å². The Morgan fingerprint density at radius 2 is 1.73 bits per heavy atom. The van der Waals surface area contributed by atoms with Gasteiger partial charge in [-0.2, -0.15) is 0 Å². The van der Waals surface area contributed by atoms with Gasteiger partial charge in [-0.25, -0.2) is 12.8 Å². The molecular weight excluding hydrogens is 353 g/mol. The Bertz CT molecular complexity index is 865. The summed E-state index contributed by atoms with van der Waals surface area (Å²) in [6.45, 7) is 4.70. The molecule has 4 nitrogen and oxygen atoms in total. The number of ether oxygens (including phenoxy) is 1. The zero-order valence-corrected chi connectivity index (χ0v) is 15.8. The number of hydrogen-bond donors (Lipinski definition) is 1. The first-order valence-electron chi connectivity index (χ1n) is 8.70. The van der Waals surface area contributed by atoms with Gasteiger partial charge >= 0.3 is 0 Å². The number of nitrogens with two attached hydrogens (primary N) is 1. The zero-order valence-electron chi connectivity index (χ0n) is 15.0. The van der Waals surface area contributed by atoms with Crippen molar-refractivity contribution in [1.82, 2.24) is 0 Å². The van der Waals surface area contributed by atoms with E-state index in [0.717, 1.165) is 11.1 Å². The highest BCUT2D eigenvalue weighted by molar-refractivity contribution is 7.92. The molecule has 0 radical (unpaired) electrons.